The summed E-state index contributed by atoms with van der Waals surface area (Å²) in [5, 5.41) is 8.48. The van der Waals surface area contributed by atoms with Crippen LogP contribution in [0.2, 0.25) is 0 Å². The summed E-state index contributed by atoms with van der Waals surface area (Å²) in [6.45, 7) is -0.855. The van der Waals surface area contributed by atoms with Gasteiger partial charge in [-0.25, -0.2) is 0 Å². The Morgan fingerprint density at radius 1 is 1.31 bits per heavy atom. The molecule has 0 atom stereocenters. The molecule has 0 saturated carbocycles. The first-order chi connectivity index (χ1) is 5.99. The number of rotatable bonds is 6. The van der Waals surface area contributed by atoms with Gasteiger partial charge < -0.3 is 9.84 Å². The van der Waals surface area contributed by atoms with Gasteiger partial charge in [0.25, 0.3) is 0 Å². The molecule has 0 aromatic carbocycles. The molecule has 0 saturated heterocycles. The van der Waals surface area contributed by atoms with E-state index < -0.39 is 12.7 Å². The molecule has 0 fully saturated rings. The zero-order valence-electron chi connectivity index (χ0n) is 7.47. The summed E-state index contributed by atoms with van der Waals surface area (Å²) < 4.78 is 40.3. The molecule has 0 heterocycles. The van der Waals surface area contributed by atoms with Crippen LogP contribution in [0.5, 0.6) is 0 Å². The van der Waals surface area contributed by atoms with Crippen molar-refractivity contribution in [1.82, 2.24) is 4.90 Å². The summed E-state index contributed by atoms with van der Waals surface area (Å²) in [6, 6.07) is 0. The fraction of sp³-hybridized carbons (Fsp3) is 1.00. The quantitative estimate of drug-likeness (QED) is 0.678. The smallest absolute Gasteiger partial charge is 0.395 e. The first-order valence-electron chi connectivity index (χ1n) is 3.88. The molecule has 0 amide bonds. The van der Waals surface area contributed by atoms with Gasteiger partial charge in [0.15, 0.2) is 0 Å². The van der Waals surface area contributed by atoms with Crippen molar-refractivity contribution in [3.8, 4) is 0 Å². The average Bonchev–Trinajstić information content (AvgIpc) is 1.98. The normalized spacial score (nSPS) is 12.5. The van der Waals surface area contributed by atoms with Crippen molar-refractivity contribution in [3.05, 3.63) is 0 Å². The molecule has 0 bridgehead atoms. The summed E-state index contributed by atoms with van der Waals surface area (Å²) in [4.78, 5) is 1.10. The Morgan fingerprint density at radius 2 is 1.92 bits per heavy atom. The molecule has 0 radical (unpaired) electrons. The van der Waals surface area contributed by atoms with Gasteiger partial charge in [0.2, 0.25) is 0 Å². The molecule has 6 heteroatoms. The number of ether oxygens (including phenoxy) is 1. The summed E-state index contributed by atoms with van der Waals surface area (Å²) in [6.07, 6.45) is -4.22. The number of aliphatic hydroxyl groups is 1. The van der Waals surface area contributed by atoms with Crippen LogP contribution in [0.3, 0.4) is 0 Å². The van der Waals surface area contributed by atoms with E-state index in [1.165, 1.54) is 7.11 Å². The molecule has 80 valence electrons. The Bertz CT molecular complexity index is 129. The van der Waals surface area contributed by atoms with Gasteiger partial charge in [-0.15, -0.1) is 0 Å². The van der Waals surface area contributed by atoms with Crippen LogP contribution >= 0.6 is 0 Å². The molecule has 3 nitrogen and oxygen atoms in total. The van der Waals surface area contributed by atoms with Crippen molar-refractivity contribution in [2.45, 2.75) is 6.18 Å². The highest BCUT2D eigenvalue weighted by Gasteiger charge is 2.30. The Morgan fingerprint density at radius 3 is 2.31 bits per heavy atom. The Balaban J connectivity index is 3.79. The molecular formula is C7H14F3NO2. The van der Waals surface area contributed by atoms with Crippen molar-refractivity contribution in [3.63, 3.8) is 0 Å². The van der Waals surface area contributed by atoms with E-state index in [1.807, 2.05) is 0 Å². The van der Waals surface area contributed by atoms with Crippen LogP contribution in [-0.2, 0) is 4.74 Å². The van der Waals surface area contributed by atoms with E-state index in [0.29, 0.717) is 0 Å². The van der Waals surface area contributed by atoms with Crippen molar-refractivity contribution in [2.24, 2.45) is 0 Å². The second-order valence-electron chi connectivity index (χ2n) is 2.61. The lowest BCUT2D eigenvalue weighted by Crippen LogP contribution is -2.38. The lowest BCUT2D eigenvalue weighted by atomic mass is 10.4. The van der Waals surface area contributed by atoms with E-state index in [2.05, 4.69) is 4.74 Å². The van der Waals surface area contributed by atoms with E-state index in [1.54, 1.807) is 0 Å². The molecule has 13 heavy (non-hydrogen) atoms. The lowest BCUT2D eigenvalue weighted by molar-refractivity contribution is -0.147. The van der Waals surface area contributed by atoms with Crippen LogP contribution < -0.4 is 0 Å². The van der Waals surface area contributed by atoms with Crippen LogP contribution in [0.25, 0.3) is 0 Å². The zero-order valence-corrected chi connectivity index (χ0v) is 7.47. The monoisotopic (exact) mass is 201 g/mol. The van der Waals surface area contributed by atoms with Gasteiger partial charge in [0, 0.05) is 20.2 Å². The Kier molecular flexibility index (Phi) is 6.02. The van der Waals surface area contributed by atoms with Crippen LogP contribution in [0.4, 0.5) is 13.2 Å². The van der Waals surface area contributed by atoms with Crippen molar-refractivity contribution in [2.75, 3.05) is 40.0 Å². The third-order valence-corrected chi connectivity index (χ3v) is 1.43. The summed E-state index contributed by atoms with van der Waals surface area (Å²) in [5.74, 6) is 0. The molecule has 0 aliphatic rings. The van der Waals surface area contributed by atoms with Gasteiger partial charge in [0.05, 0.1) is 19.8 Å². The standard InChI is InChI=1S/C7H14F3NO2/c1-13-5-3-11(2-4-12)6-7(8,9)10/h12H,2-6H2,1H3. The van der Waals surface area contributed by atoms with E-state index in [-0.39, 0.29) is 26.3 Å². The Labute approximate surface area is 75.1 Å². The van der Waals surface area contributed by atoms with Crippen molar-refractivity contribution >= 4 is 0 Å². The maximum absolute atomic E-state index is 11.9. The number of alkyl halides is 3. The Hall–Kier alpha value is -0.330. The summed E-state index contributed by atoms with van der Waals surface area (Å²) >= 11 is 0. The topological polar surface area (TPSA) is 32.7 Å². The van der Waals surface area contributed by atoms with Gasteiger partial charge >= 0.3 is 6.18 Å². The lowest BCUT2D eigenvalue weighted by Gasteiger charge is -2.21. The maximum Gasteiger partial charge on any atom is 0.401 e. The van der Waals surface area contributed by atoms with Gasteiger partial charge in [-0.2, -0.15) is 13.2 Å². The van der Waals surface area contributed by atoms with E-state index in [9.17, 15) is 13.2 Å². The highest BCUT2D eigenvalue weighted by atomic mass is 19.4. The molecule has 0 aromatic rings. The number of methoxy groups -OCH3 is 1. The molecular weight excluding hydrogens is 187 g/mol. The molecule has 1 N–H and O–H groups in total. The van der Waals surface area contributed by atoms with Gasteiger partial charge in [-0.3, -0.25) is 4.90 Å². The predicted molar refractivity (Wildman–Crippen MR) is 41.5 cm³/mol. The minimum absolute atomic E-state index is 0.0167. The van der Waals surface area contributed by atoms with Gasteiger partial charge in [-0.1, -0.05) is 0 Å². The third-order valence-electron chi connectivity index (χ3n) is 1.43. The first kappa shape index (κ1) is 12.7. The number of nitrogens with zero attached hydrogens (tertiary/aromatic N) is 1. The third kappa shape index (κ3) is 8.01. The molecule has 0 unspecified atom stereocenters. The number of aliphatic hydroxyl groups excluding tert-OH is 1. The average molecular weight is 201 g/mol. The van der Waals surface area contributed by atoms with E-state index >= 15 is 0 Å². The number of hydrogen-bond donors (Lipinski definition) is 1. The molecule has 0 aliphatic carbocycles. The van der Waals surface area contributed by atoms with Crippen LogP contribution in [-0.4, -0.2) is 56.1 Å². The molecule has 0 aliphatic heterocycles. The first-order valence-corrected chi connectivity index (χ1v) is 3.88. The van der Waals surface area contributed by atoms with Crippen LogP contribution in [0.15, 0.2) is 0 Å². The van der Waals surface area contributed by atoms with Gasteiger partial charge in [0.1, 0.15) is 0 Å². The van der Waals surface area contributed by atoms with Gasteiger partial charge in [-0.05, 0) is 0 Å². The van der Waals surface area contributed by atoms with Crippen molar-refractivity contribution in [1.29, 1.82) is 0 Å². The van der Waals surface area contributed by atoms with E-state index in [4.69, 9.17) is 5.11 Å². The molecule has 0 aromatic heterocycles. The highest BCUT2D eigenvalue weighted by molar-refractivity contribution is 4.62. The minimum Gasteiger partial charge on any atom is -0.395 e. The summed E-state index contributed by atoms with van der Waals surface area (Å²) in [7, 11) is 1.42. The maximum atomic E-state index is 11.9. The fourth-order valence-electron chi connectivity index (χ4n) is 0.885. The number of hydrogen-bond acceptors (Lipinski definition) is 3. The largest absolute Gasteiger partial charge is 0.401 e. The summed E-state index contributed by atoms with van der Waals surface area (Å²) in [5.41, 5.74) is 0. The molecule has 0 rings (SSSR count). The zero-order chi connectivity index (χ0) is 10.3. The minimum atomic E-state index is -4.22. The predicted octanol–water partition coefficient (Wildman–Crippen LogP) is 0.489. The van der Waals surface area contributed by atoms with E-state index in [0.717, 1.165) is 4.90 Å². The fourth-order valence-corrected chi connectivity index (χ4v) is 0.885. The molecule has 0 spiro atoms. The highest BCUT2D eigenvalue weighted by Crippen LogP contribution is 2.15. The second-order valence-corrected chi connectivity index (χ2v) is 2.61. The second kappa shape index (κ2) is 6.17. The van der Waals surface area contributed by atoms with Crippen LogP contribution in [0.1, 0.15) is 0 Å². The number of halogens is 3. The van der Waals surface area contributed by atoms with Crippen LogP contribution in [0, 0.1) is 0 Å². The van der Waals surface area contributed by atoms with Crippen molar-refractivity contribution < 1.29 is 23.0 Å². The SMILES string of the molecule is COCCN(CCO)CC(F)(F)F.